The first-order valence-corrected chi connectivity index (χ1v) is 10.7. The number of amides is 1. The highest BCUT2D eigenvalue weighted by Gasteiger charge is 2.08. The number of thiazole rings is 1. The number of nitrogens with one attached hydrogen (secondary N) is 1. The van der Waals surface area contributed by atoms with Gasteiger partial charge in [0.15, 0.2) is 0 Å². The first-order valence-electron chi connectivity index (χ1n) is 9.85. The molecular formula is C26H18N2O2S. The molecule has 1 N–H and O–H groups in total. The minimum Gasteiger partial charge on any atom is -0.457 e. The molecule has 0 aliphatic carbocycles. The molecule has 3 aromatic carbocycles. The van der Waals surface area contributed by atoms with Gasteiger partial charge in [0.05, 0.1) is 10.2 Å². The van der Waals surface area contributed by atoms with Crippen molar-refractivity contribution in [3.8, 4) is 21.9 Å². The van der Waals surface area contributed by atoms with Crippen LogP contribution in [0.1, 0.15) is 5.76 Å². The Bertz CT molecular complexity index is 1350. The van der Waals surface area contributed by atoms with E-state index in [9.17, 15) is 4.79 Å². The molecule has 0 bridgehead atoms. The van der Waals surface area contributed by atoms with Gasteiger partial charge in [-0.25, -0.2) is 4.98 Å². The van der Waals surface area contributed by atoms with Gasteiger partial charge >= 0.3 is 0 Å². The summed E-state index contributed by atoms with van der Waals surface area (Å²) in [5.74, 6) is 1.17. The van der Waals surface area contributed by atoms with Gasteiger partial charge in [-0.15, -0.1) is 11.3 Å². The van der Waals surface area contributed by atoms with Crippen LogP contribution in [-0.4, -0.2) is 10.9 Å². The predicted molar refractivity (Wildman–Crippen MR) is 127 cm³/mol. The van der Waals surface area contributed by atoms with Gasteiger partial charge < -0.3 is 9.73 Å². The second kappa shape index (κ2) is 8.42. The molecule has 0 fully saturated rings. The minimum atomic E-state index is -0.223. The SMILES string of the molecule is O=C(/C=C/c1ccc(-c2ccccc2)o1)Nc1cccc(-c2nc3ccccc3s2)c1. The van der Waals surface area contributed by atoms with Crippen molar-refractivity contribution in [3.05, 3.63) is 103 Å². The number of furan rings is 1. The number of rotatable bonds is 5. The molecule has 0 atom stereocenters. The van der Waals surface area contributed by atoms with Crippen LogP contribution >= 0.6 is 11.3 Å². The monoisotopic (exact) mass is 422 g/mol. The van der Waals surface area contributed by atoms with Gasteiger partial charge in [0.2, 0.25) is 5.91 Å². The highest BCUT2D eigenvalue weighted by molar-refractivity contribution is 7.21. The summed E-state index contributed by atoms with van der Waals surface area (Å²) < 4.78 is 6.94. The van der Waals surface area contributed by atoms with Gasteiger partial charge in [-0.1, -0.05) is 54.6 Å². The minimum absolute atomic E-state index is 0.223. The van der Waals surface area contributed by atoms with Gasteiger partial charge in [-0.2, -0.15) is 0 Å². The van der Waals surface area contributed by atoms with Crippen molar-refractivity contribution in [1.29, 1.82) is 0 Å². The average molecular weight is 423 g/mol. The third-order valence-electron chi connectivity index (χ3n) is 4.76. The number of benzene rings is 3. The summed E-state index contributed by atoms with van der Waals surface area (Å²) in [5, 5.41) is 3.83. The molecule has 4 nitrogen and oxygen atoms in total. The molecule has 0 radical (unpaired) electrons. The van der Waals surface area contributed by atoms with Crippen molar-refractivity contribution >= 4 is 39.2 Å². The van der Waals surface area contributed by atoms with E-state index in [1.807, 2.05) is 84.9 Å². The summed E-state index contributed by atoms with van der Waals surface area (Å²) in [5.41, 5.74) is 3.67. The molecule has 0 unspecified atom stereocenters. The summed E-state index contributed by atoms with van der Waals surface area (Å²) >= 11 is 1.64. The Morgan fingerprint density at radius 2 is 1.68 bits per heavy atom. The van der Waals surface area contributed by atoms with Crippen LogP contribution in [0.5, 0.6) is 0 Å². The second-order valence-corrected chi connectivity index (χ2v) is 7.99. The molecule has 31 heavy (non-hydrogen) atoms. The van der Waals surface area contributed by atoms with E-state index in [-0.39, 0.29) is 5.91 Å². The fourth-order valence-electron chi connectivity index (χ4n) is 3.27. The lowest BCUT2D eigenvalue weighted by Crippen LogP contribution is -2.07. The van der Waals surface area contributed by atoms with Crippen LogP contribution in [0, 0.1) is 0 Å². The van der Waals surface area contributed by atoms with Gasteiger partial charge in [0, 0.05) is 22.9 Å². The predicted octanol–water partition coefficient (Wildman–Crippen LogP) is 6.88. The maximum absolute atomic E-state index is 12.4. The third kappa shape index (κ3) is 4.32. The van der Waals surface area contributed by atoms with Crippen LogP contribution in [-0.2, 0) is 4.79 Å². The first kappa shape index (κ1) is 19.0. The number of carbonyl (C=O) groups excluding carboxylic acids is 1. The Hall–Kier alpha value is -3.96. The van der Waals surface area contributed by atoms with Gasteiger partial charge in [0.1, 0.15) is 16.5 Å². The van der Waals surface area contributed by atoms with Crippen molar-refractivity contribution in [1.82, 2.24) is 4.98 Å². The number of fused-ring (bicyclic) bond motifs is 1. The van der Waals surface area contributed by atoms with E-state index in [0.717, 1.165) is 37.8 Å². The molecule has 5 heteroatoms. The van der Waals surface area contributed by atoms with E-state index in [0.29, 0.717) is 5.76 Å². The van der Waals surface area contributed by atoms with Crippen LogP contribution in [0.25, 0.3) is 38.2 Å². The maximum atomic E-state index is 12.4. The van der Waals surface area contributed by atoms with Crippen molar-refractivity contribution in [2.24, 2.45) is 0 Å². The lowest BCUT2D eigenvalue weighted by molar-refractivity contribution is -0.111. The Kier molecular flexibility index (Phi) is 5.17. The topological polar surface area (TPSA) is 55.1 Å². The number of hydrogen-bond acceptors (Lipinski definition) is 4. The van der Waals surface area contributed by atoms with Gasteiger partial charge in [-0.05, 0) is 42.5 Å². The molecule has 1 amide bonds. The number of carbonyl (C=O) groups is 1. The van der Waals surface area contributed by atoms with E-state index < -0.39 is 0 Å². The van der Waals surface area contributed by atoms with E-state index in [1.165, 1.54) is 6.08 Å². The average Bonchev–Trinajstić information content (AvgIpc) is 3.46. The Morgan fingerprint density at radius 3 is 2.55 bits per heavy atom. The highest BCUT2D eigenvalue weighted by atomic mass is 32.1. The highest BCUT2D eigenvalue weighted by Crippen LogP contribution is 2.31. The summed E-state index contributed by atoms with van der Waals surface area (Å²) in [4.78, 5) is 17.1. The number of hydrogen-bond donors (Lipinski definition) is 1. The number of nitrogens with zero attached hydrogens (tertiary/aromatic N) is 1. The third-order valence-corrected chi connectivity index (χ3v) is 5.84. The van der Waals surface area contributed by atoms with Crippen molar-refractivity contribution in [2.75, 3.05) is 5.32 Å². The lowest BCUT2D eigenvalue weighted by atomic mass is 10.2. The van der Waals surface area contributed by atoms with E-state index in [4.69, 9.17) is 4.42 Å². The van der Waals surface area contributed by atoms with Crippen molar-refractivity contribution in [3.63, 3.8) is 0 Å². The van der Waals surface area contributed by atoms with Crippen LogP contribution in [0.3, 0.4) is 0 Å². The second-order valence-electron chi connectivity index (χ2n) is 6.96. The van der Waals surface area contributed by atoms with Crippen LogP contribution in [0.15, 0.2) is 101 Å². The standard InChI is InChI=1S/C26H18N2O2S/c29-25(16-14-21-13-15-23(30-21)18-7-2-1-3-8-18)27-20-10-6-9-19(17-20)26-28-22-11-4-5-12-24(22)31-26/h1-17H,(H,27,29)/b16-14+. The summed E-state index contributed by atoms with van der Waals surface area (Å²) in [7, 11) is 0. The summed E-state index contributed by atoms with van der Waals surface area (Å²) in [6.07, 6.45) is 3.14. The Morgan fingerprint density at radius 1 is 0.871 bits per heavy atom. The summed E-state index contributed by atoms with van der Waals surface area (Å²) in [6.45, 7) is 0. The van der Waals surface area contributed by atoms with E-state index in [2.05, 4.69) is 16.4 Å². The number of anilines is 1. The first-order chi connectivity index (χ1) is 15.2. The van der Waals surface area contributed by atoms with Crippen molar-refractivity contribution < 1.29 is 9.21 Å². The van der Waals surface area contributed by atoms with E-state index >= 15 is 0 Å². The number of aromatic nitrogens is 1. The van der Waals surface area contributed by atoms with Gasteiger partial charge in [0.25, 0.3) is 0 Å². The Labute approximate surface area is 183 Å². The normalized spacial score (nSPS) is 11.2. The molecule has 2 heterocycles. The van der Waals surface area contributed by atoms with E-state index in [1.54, 1.807) is 17.4 Å². The molecule has 0 spiro atoms. The van der Waals surface area contributed by atoms with Gasteiger partial charge in [-0.3, -0.25) is 4.79 Å². The molecule has 0 aliphatic heterocycles. The van der Waals surface area contributed by atoms with Crippen molar-refractivity contribution in [2.45, 2.75) is 0 Å². The molecule has 5 rings (SSSR count). The zero-order valence-electron chi connectivity index (χ0n) is 16.5. The molecule has 2 aromatic heterocycles. The smallest absolute Gasteiger partial charge is 0.248 e. The fraction of sp³-hybridized carbons (Fsp3) is 0. The number of para-hydroxylation sites is 1. The maximum Gasteiger partial charge on any atom is 0.248 e. The lowest BCUT2D eigenvalue weighted by Gasteiger charge is -2.04. The zero-order valence-corrected chi connectivity index (χ0v) is 17.3. The zero-order chi connectivity index (χ0) is 21.0. The largest absolute Gasteiger partial charge is 0.457 e. The van der Waals surface area contributed by atoms with Crippen LogP contribution in [0.2, 0.25) is 0 Å². The molecule has 0 saturated heterocycles. The Balaban J connectivity index is 1.28. The quantitative estimate of drug-likeness (QED) is 0.314. The molecule has 5 aromatic rings. The molecule has 0 saturated carbocycles. The summed E-state index contributed by atoms with van der Waals surface area (Å²) in [6, 6.07) is 29.4. The fourth-order valence-corrected chi connectivity index (χ4v) is 4.23. The van der Waals surface area contributed by atoms with Crippen LogP contribution < -0.4 is 5.32 Å². The molecular weight excluding hydrogens is 404 g/mol. The van der Waals surface area contributed by atoms with Crippen LogP contribution in [0.4, 0.5) is 5.69 Å². The molecule has 0 aliphatic rings. The molecule has 150 valence electrons.